The minimum Gasteiger partial charge on any atom is -0.399 e. The van der Waals surface area contributed by atoms with Crippen LogP contribution >= 0.6 is 0 Å². The van der Waals surface area contributed by atoms with Gasteiger partial charge in [-0.1, -0.05) is 24.3 Å². The van der Waals surface area contributed by atoms with Crippen molar-refractivity contribution >= 4 is 5.69 Å². The molecule has 0 atom stereocenters. The van der Waals surface area contributed by atoms with Crippen LogP contribution in [0.3, 0.4) is 0 Å². The molecule has 0 amide bonds. The summed E-state index contributed by atoms with van der Waals surface area (Å²) in [5, 5.41) is 0. The highest BCUT2D eigenvalue weighted by atomic mass is 14.7. The Kier molecular flexibility index (Phi) is 1.96. The van der Waals surface area contributed by atoms with Gasteiger partial charge in [0.15, 0.2) is 0 Å². The number of nitrogens with zero attached hydrogens (tertiary/aromatic N) is 1. The van der Waals surface area contributed by atoms with Gasteiger partial charge in [0, 0.05) is 17.4 Å². The molecule has 1 aromatic carbocycles. The molecule has 1 radical (unpaired) electrons. The summed E-state index contributed by atoms with van der Waals surface area (Å²) < 4.78 is 0. The predicted octanol–water partition coefficient (Wildman–Crippen LogP) is 2.13. The molecule has 2 nitrogen and oxygen atoms in total. The number of hydrogen-bond acceptors (Lipinski definition) is 2. The van der Waals surface area contributed by atoms with E-state index in [1.165, 1.54) is 0 Å². The molecule has 2 rings (SSSR count). The molecule has 0 aliphatic carbocycles. The van der Waals surface area contributed by atoms with Gasteiger partial charge in [-0.15, -0.1) is 0 Å². The molecule has 0 spiro atoms. The van der Waals surface area contributed by atoms with Crippen molar-refractivity contribution in [2.75, 3.05) is 5.73 Å². The molecule has 63 valence electrons. The molecule has 1 heterocycles. The second-order valence-corrected chi connectivity index (χ2v) is 2.75. The third kappa shape index (κ3) is 1.67. The number of hydrogen-bond donors (Lipinski definition) is 1. The van der Waals surface area contributed by atoms with E-state index in [2.05, 4.69) is 11.1 Å². The maximum absolute atomic E-state index is 5.64. The Hall–Kier alpha value is -1.83. The summed E-state index contributed by atoms with van der Waals surface area (Å²) in [4.78, 5) is 4.20. The highest BCUT2D eigenvalue weighted by Crippen LogP contribution is 2.16. The maximum atomic E-state index is 5.64. The lowest BCUT2D eigenvalue weighted by molar-refractivity contribution is 1.33. The molecule has 1 aromatic heterocycles. The zero-order valence-electron chi connectivity index (χ0n) is 7.07. The minimum atomic E-state index is 0.724. The zero-order chi connectivity index (χ0) is 9.10. The average molecular weight is 169 g/mol. The number of nitrogens with two attached hydrogens (primary N) is 1. The lowest BCUT2D eigenvalue weighted by Crippen LogP contribution is -1.87. The fraction of sp³-hybridized carbons (Fsp3) is 0. The fourth-order valence-corrected chi connectivity index (χ4v) is 1.15. The van der Waals surface area contributed by atoms with Gasteiger partial charge in [-0.25, -0.2) is 0 Å². The SMILES string of the molecule is Nc1ccnc(-c2[c]cccc2)c1. The Morgan fingerprint density at radius 3 is 2.85 bits per heavy atom. The first kappa shape index (κ1) is 7.80. The van der Waals surface area contributed by atoms with Gasteiger partial charge in [0.05, 0.1) is 5.69 Å². The summed E-state index contributed by atoms with van der Waals surface area (Å²) in [6.07, 6.45) is 1.70. The molecule has 0 saturated heterocycles. The van der Waals surface area contributed by atoms with E-state index < -0.39 is 0 Å². The first-order valence-corrected chi connectivity index (χ1v) is 4.05. The molecule has 0 aliphatic rings. The van der Waals surface area contributed by atoms with E-state index in [-0.39, 0.29) is 0 Å². The van der Waals surface area contributed by atoms with Crippen molar-refractivity contribution in [1.29, 1.82) is 0 Å². The van der Waals surface area contributed by atoms with Gasteiger partial charge >= 0.3 is 0 Å². The number of pyridine rings is 1. The third-order valence-electron chi connectivity index (χ3n) is 1.77. The lowest BCUT2D eigenvalue weighted by Gasteiger charge is -1.99. The van der Waals surface area contributed by atoms with Crippen LogP contribution in [-0.4, -0.2) is 4.98 Å². The molecular weight excluding hydrogens is 160 g/mol. The Balaban J connectivity index is 2.48. The Morgan fingerprint density at radius 1 is 1.23 bits per heavy atom. The Labute approximate surface area is 77.0 Å². The summed E-state index contributed by atoms with van der Waals surface area (Å²) in [6.45, 7) is 0. The van der Waals surface area contributed by atoms with E-state index in [1.54, 1.807) is 12.3 Å². The standard InChI is InChI=1S/C11H9N2/c12-10-6-7-13-11(8-10)9-4-2-1-3-5-9/h1-4,6-8H,(H2,12,13). The van der Waals surface area contributed by atoms with Gasteiger partial charge in [0.25, 0.3) is 0 Å². The first-order chi connectivity index (χ1) is 6.36. The molecule has 2 N–H and O–H groups in total. The molecule has 0 aliphatic heterocycles. The van der Waals surface area contributed by atoms with Gasteiger partial charge in [0.2, 0.25) is 0 Å². The van der Waals surface area contributed by atoms with Gasteiger partial charge in [-0.3, -0.25) is 4.98 Å². The largest absolute Gasteiger partial charge is 0.399 e. The molecule has 2 aromatic rings. The minimum absolute atomic E-state index is 0.724. The highest BCUT2D eigenvalue weighted by molar-refractivity contribution is 5.61. The molecule has 0 saturated carbocycles. The van der Waals surface area contributed by atoms with Crippen LogP contribution in [0.15, 0.2) is 42.6 Å². The first-order valence-electron chi connectivity index (χ1n) is 4.05. The number of aromatic nitrogens is 1. The van der Waals surface area contributed by atoms with E-state index in [0.717, 1.165) is 16.9 Å². The van der Waals surface area contributed by atoms with Crippen molar-refractivity contribution in [3.05, 3.63) is 48.7 Å². The van der Waals surface area contributed by atoms with Crippen molar-refractivity contribution in [1.82, 2.24) is 4.98 Å². The monoisotopic (exact) mass is 169 g/mol. The van der Waals surface area contributed by atoms with Crippen LogP contribution in [0.5, 0.6) is 0 Å². The van der Waals surface area contributed by atoms with Crippen molar-refractivity contribution in [3.8, 4) is 11.3 Å². The molecule has 13 heavy (non-hydrogen) atoms. The molecular formula is C11H9N2. The van der Waals surface area contributed by atoms with Crippen molar-refractivity contribution in [2.24, 2.45) is 0 Å². The van der Waals surface area contributed by atoms with E-state index in [1.807, 2.05) is 30.3 Å². The number of anilines is 1. The summed E-state index contributed by atoms with van der Waals surface area (Å²) in [5.74, 6) is 0. The molecule has 0 unspecified atom stereocenters. The number of nitrogen functional groups attached to an aromatic ring is 1. The molecule has 0 bridgehead atoms. The highest BCUT2D eigenvalue weighted by Gasteiger charge is 1.97. The van der Waals surface area contributed by atoms with Crippen molar-refractivity contribution in [2.45, 2.75) is 0 Å². The van der Waals surface area contributed by atoms with Gasteiger partial charge in [-0.05, 0) is 18.2 Å². The predicted molar refractivity (Wildman–Crippen MR) is 52.9 cm³/mol. The summed E-state index contributed by atoms with van der Waals surface area (Å²) in [5.41, 5.74) is 8.20. The third-order valence-corrected chi connectivity index (χ3v) is 1.77. The second-order valence-electron chi connectivity index (χ2n) is 2.75. The topological polar surface area (TPSA) is 38.9 Å². The summed E-state index contributed by atoms with van der Waals surface area (Å²) >= 11 is 0. The normalized spacial score (nSPS) is 9.85. The Bertz CT molecular complexity index is 396. The van der Waals surface area contributed by atoms with Gasteiger partial charge in [-0.2, -0.15) is 0 Å². The quantitative estimate of drug-likeness (QED) is 0.710. The number of rotatable bonds is 1. The smallest absolute Gasteiger partial charge is 0.0728 e. The van der Waals surface area contributed by atoms with Crippen molar-refractivity contribution < 1.29 is 0 Å². The fourth-order valence-electron chi connectivity index (χ4n) is 1.15. The van der Waals surface area contributed by atoms with E-state index in [9.17, 15) is 0 Å². The van der Waals surface area contributed by atoms with E-state index in [4.69, 9.17) is 5.73 Å². The van der Waals surface area contributed by atoms with Crippen LogP contribution in [-0.2, 0) is 0 Å². The van der Waals surface area contributed by atoms with Gasteiger partial charge in [0.1, 0.15) is 0 Å². The summed E-state index contributed by atoms with van der Waals surface area (Å²) in [6, 6.07) is 14.4. The maximum Gasteiger partial charge on any atom is 0.0728 e. The van der Waals surface area contributed by atoms with E-state index in [0.29, 0.717) is 0 Å². The summed E-state index contributed by atoms with van der Waals surface area (Å²) in [7, 11) is 0. The second kappa shape index (κ2) is 3.27. The zero-order valence-corrected chi connectivity index (χ0v) is 7.07. The van der Waals surface area contributed by atoms with Crippen LogP contribution in [0.25, 0.3) is 11.3 Å². The van der Waals surface area contributed by atoms with Gasteiger partial charge < -0.3 is 5.73 Å². The van der Waals surface area contributed by atoms with Crippen LogP contribution in [0.1, 0.15) is 0 Å². The van der Waals surface area contributed by atoms with Crippen LogP contribution in [0.4, 0.5) is 5.69 Å². The Morgan fingerprint density at radius 2 is 2.15 bits per heavy atom. The van der Waals surface area contributed by atoms with Crippen molar-refractivity contribution in [3.63, 3.8) is 0 Å². The van der Waals surface area contributed by atoms with Crippen LogP contribution in [0.2, 0.25) is 0 Å². The molecule has 0 fully saturated rings. The van der Waals surface area contributed by atoms with Crippen LogP contribution in [0, 0.1) is 6.07 Å². The lowest BCUT2D eigenvalue weighted by atomic mass is 10.1. The average Bonchev–Trinajstić information content (AvgIpc) is 2.19. The molecule has 2 heteroatoms. The van der Waals surface area contributed by atoms with Crippen LogP contribution < -0.4 is 5.73 Å². The number of benzene rings is 1. The van der Waals surface area contributed by atoms with E-state index >= 15 is 0 Å².